The SMILES string of the molecule is CC[C@@]1(C(=O)O)CC[C@H](O[Si](C)(C)C(C)(C)C)CN1C(=O)O. The Morgan fingerprint density at radius 2 is 1.86 bits per heavy atom. The molecule has 1 aliphatic heterocycles. The van der Waals surface area contributed by atoms with Crippen LogP contribution in [0.25, 0.3) is 0 Å². The molecule has 128 valence electrons. The smallest absolute Gasteiger partial charge is 0.408 e. The maximum absolute atomic E-state index is 11.6. The van der Waals surface area contributed by atoms with Gasteiger partial charge in [-0.15, -0.1) is 0 Å². The predicted molar refractivity (Wildman–Crippen MR) is 86.7 cm³/mol. The first-order chi connectivity index (χ1) is 9.87. The first kappa shape index (κ1) is 19.0. The van der Waals surface area contributed by atoms with Gasteiger partial charge in [0.2, 0.25) is 0 Å². The Bertz CT molecular complexity index is 446. The Hall–Kier alpha value is -1.08. The van der Waals surface area contributed by atoms with Crippen LogP contribution < -0.4 is 0 Å². The zero-order valence-corrected chi connectivity index (χ0v) is 15.5. The number of amides is 1. The van der Waals surface area contributed by atoms with Gasteiger partial charge in [0.1, 0.15) is 5.54 Å². The second-order valence-electron chi connectivity index (χ2n) is 7.62. The number of piperidine rings is 1. The number of carboxylic acids is 1. The van der Waals surface area contributed by atoms with E-state index in [1.165, 1.54) is 0 Å². The molecule has 1 heterocycles. The zero-order chi connectivity index (χ0) is 17.3. The van der Waals surface area contributed by atoms with Crippen molar-refractivity contribution in [2.24, 2.45) is 0 Å². The number of likely N-dealkylation sites (tertiary alicyclic amines) is 1. The highest BCUT2D eigenvalue weighted by atomic mass is 28.4. The van der Waals surface area contributed by atoms with Gasteiger partial charge in [-0.1, -0.05) is 27.7 Å². The van der Waals surface area contributed by atoms with Gasteiger partial charge in [-0.05, 0) is 37.4 Å². The molecule has 6 nitrogen and oxygen atoms in total. The van der Waals surface area contributed by atoms with Gasteiger partial charge in [-0.3, -0.25) is 4.90 Å². The van der Waals surface area contributed by atoms with Crippen molar-refractivity contribution >= 4 is 20.4 Å². The van der Waals surface area contributed by atoms with Crippen LogP contribution in [-0.2, 0) is 9.22 Å². The second-order valence-corrected chi connectivity index (χ2v) is 12.4. The average Bonchev–Trinajstić information content (AvgIpc) is 2.36. The van der Waals surface area contributed by atoms with Crippen LogP contribution in [0.15, 0.2) is 0 Å². The Morgan fingerprint density at radius 1 is 1.32 bits per heavy atom. The van der Waals surface area contributed by atoms with E-state index < -0.39 is 25.9 Å². The molecule has 1 rings (SSSR count). The highest BCUT2D eigenvalue weighted by Gasteiger charge is 2.50. The van der Waals surface area contributed by atoms with Crippen molar-refractivity contribution in [1.29, 1.82) is 0 Å². The molecule has 7 heteroatoms. The summed E-state index contributed by atoms with van der Waals surface area (Å²) in [5.41, 5.74) is -1.32. The van der Waals surface area contributed by atoms with Gasteiger partial charge < -0.3 is 14.6 Å². The molecule has 0 saturated carbocycles. The maximum atomic E-state index is 11.6. The lowest BCUT2D eigenvalue weighted by Gasteiger charge is -2.47. The second kappa shape index (κ2) is 6.20. The minimum absolute atomic E-state index is 0.0349. The average molecular weight is 331 g/mol. The largest absolute Gasteiger partial charge is 0.479 e. The van der Waals surface area contributed by atoms with Gasteiger partial charge in [0.05, 0.1) is 12.6 Å². The van der Waals surface area contributed by atoms with Gasteiger partial charge >= 0.3 is 12.1 Å². The minimum Gasteiger partial charge on any atom is -0.479 e. The van der Waals surface area contributed by atoms with Gasteiger partial charge in [-0.2, -0.15) is 0 Å². The summed E-state index contributed by atoms with van der Waals surface area (Å²) in [5.74, 6) is -1.07. The van der Waals surface area contributed by atoms with Gasteiger partial charge in [-0.25, -0.2) is 9.59 Å². The van der Waals surface area contributed by atoms with E-state index in [1.54, 1.807) is 6.92 Å². The van der Waals surface area contributed by atoms with Crippen LogP contribution in [0.2, 0.25) is 18.1 Å². The van der Waals surface area contributed by atoms with Gasteiger partial charge in [0.25, 0.3) is 0 Å². The van der Waals surface area contributed by atoms with Crippen LogP contribution in [0.4, 0.5) is 4.79 Å². The van der Waals surface area contributed by atoms with Crippen LogP contribution in [-0.4, -0.2) is 53.7 Å². The fourth-order valence-electron chi connectivity index (χ4n) is 2.70. The van der Waals surface area contributed by atoms with E-state index in [9.17, 15) is 19.8 Å². The molecule has 1 aliphatic rings. The lowest BCUT2D eigenvalue weighted by atomic mass is 9.83. The van der Waals surface area contributed by atoms with E-state index in [2.05, 4.69) is 33.9 Å². The summed E-state index contributed by atoms with van der Waals surface area (Å²) in [6, 6.07) is 0. The van der Waals surface area contributed by atoms with Crippen LogP contribution in [0, 0.1) is 0 Å². The summed E-state index contributed by atoms with van der Waals surface area (Å²) in [7, 11) is -2.01. The lowest BCUT2D eigenvalue weighted by Crippen LogP contribution is -2.63. The van der Waals surface area contributed by atoms with Crippen LogP contribution >= 0.6 is 0 Å². The maximum Gasteiger partial charge on any atom is 0.408 e. The molecule has 0 aromatic heterocycles. The number of hydrogen-bond acceptors (Lipinski definition) is 3. The molecular weight excluding hydrogens is 302 g/mol. The quantitative estimate of drug-likeness (QED) is 0.771. The van der Waals surface area contributed by atoms with Crippen molar-refractivity contribution < 1.29 is 24.2 Å². The van der Waals surface area contributed by atoms with Gasteiger partial charge in [0.15, 0.2) is 8.32 Å². The van der Waals surface area contributed by atoms with Crippen molar-refractivity contribution in [1.82, 2.24) is 4.90 Å². The number of rotatable bonds is 4. The standard InChI is InChI=1S/C15H29NO5Si/c1-7-15(12(17)18)9-8-11(10-16(15)13(19)20)21-22(5,6)14(2,3)4/h11H,7-10H2,1-6H3,(H,17,18)(H,19,20)/t11-,15-/m0/s1. The number of carbonyl (C=O) groups is 2. The van der Waals surface area contributed by atoms with E-state index >= 15 is 0 Å². The molecule has 2 atom stereocenters. The van der Waals surface area contributed by atoms with Gasteiger partial charge in [0, 0.05) is 0 Å². The fourth-order valence-corrected chi connectivity index (χ4v) is 4.08. The van der Waals surface area contributed by atoms with Crippen LogP contribution in [0.1, 0.15) is 47.0 Å². The van der Waals surface area contributed by atoms with Crippen molar-refractivity contribution in [3.05, 3.63) is 0 Å². The molecule has 0 unspecified atom stereocenters. The van der Waals surface area contributed by atoms with Crippen LogP contribution in [0.5, 0.6) is 0 Å². The Kier molecular flexibility index (Phi) is 5.34. The molecule has 1 fully saturated rings. The van der Waals surface area contributed by atoms with E-state index in [1.807, 2.05) is 0 Å². The predicted octanol–water partition coefficient (Wildman–Crippen LogP) is 3.38. The third kappa shape index (κ3) is 3.46. The topological polar surface area (TPSA) is 87.1 Å². The summed E-state index contributed by atoms with van der Waals surface area (Å²) < 4.78 is 6.28. The van der Waals surface area contributed by atoms with E-state index in [0.29, 0.717) is 12.8 Å². The number of nitrogens with zero attached hydrogens (tertiary/aromatic N) is 1. The van der Waals surface area contributed by atoms with Crippen molar-refractivity contribution in [3.63, 3.8) is 0 Å². The summed E-state index contributed by atoms with van der Waals surface area (Å²) in [6.07, 6.45) is -0.272. The van der Waals surface area contributed by atoms with Crippen molar-refractivity contribution in [3.8, 4) is 0 Å². The molecule has 1 amide bonds. The number of aliphatic carboxylic acids is 1. The van der Waals surface area contributed by atoms with Crippen molar-refractivity contribution in [2.45, 2.75) is 76.7 Å². The first-order valence-electron chi connectivity index (χ1n) is 7.79. The molecular formula is C15H29NO5Si. The molecule has 22 heavy (non-hydrogen) atoms. The lowest BCUT2D eigenvalue weighted by molar-refractivity contribution is -0.155. The molecule has 0 radical (unpaired) electrons. The Balaban J connectivity index is 2.97. The highest BCUT2D eigenvalue weighted by molar-refractivity contribution is 6.74. The third-order valence-electron chi connectivity index (χ3n) is 5.26. The molecule has 0 aromatic carbocycles. The molecule has 0 aromatic rings. The summed E-state index contributed by atoms with van der Waals surface area (Å²) in [6.45, 7) is 12.5. The molecule has 1 saturated heterocycles. The van der Waals surface area contributed by atoms with E-state index in [4.69, 9.17) is 4.43 Å². The summed E-state index contributed by atoms with van der Waals surface area (Å²) >= 11 is 0. The first-order valence-corrected chi connectivity index (χ1v) is 10.7. The highest BCUT2D eigenvalue weighted by Crippen LogP contribution is 2.40. The minimum atomic E-state index is -2.01. The fraction of sp³-hybridized carbons (Fsp3) is 0.867. The molecule has 0 spiro atoms. The monoisotopic (exact) mass is 331 g/mol. The third-order valence-corrected chi connectivity index (χ3v) is 9.80. The number of carboxylic acid groups (broad SMARTS) is 2. The molecule has 0 aliphatic carbocycles. The van der Waals surface area contributed by atoms with Crippen LogP contribution in [0.3, 0.4) is 0 Å². The summed E-state index contributed by atoms with van der Waals surface area (Å²) in [5, 5.41) is 19.0. The number of hydrogen-bond donors (Lipinski definition) is 2. The zero-order valence-electron chi connectivity index (χ0n) is 14.5. The van der Waals surface area contributed by atoms with Crippen molar-refractivity contribution in [2.75, 3.05) is 6.54 Å². The Labute approximate surface area is 133 Å². The molecule has 2 N–H and O–H groups in total. The van der Waals surface area contributed by atoms with E-state index in [0.717, 1.165) is 4.90 Å². The van der Waals surface area contributed by atoms with E-state index in [-0.39, 0.29) is 24.1 Å². The normalized spacial score (nSPS) is 26.8. The molecule has 0 bridgehead atoms. The Morgan fingerprint density at radius 3 is 2.23 bits per heavy atom. The summed E-state index contributed by atoms with van der Waals surface area (Å²) in [4.78, 5) is 24.3.